The monoisotopic (exact) mass is 259 g/mol. The maximum absolute atomic E-state index is 12.1. The van der Waals surface area contributed by atoms with Crippen LogP contribution in [0.1, 0.15) is 30.1 Å². The minimum atomic E-state index is -0.0444. The molecule has 0 spiro atoms. The van der Waals surface area contributed by atoms with Crippen molar-refractivity contribution in [3.63, 3.8) is 0 Å². The van der Waals surface area contributed by atoms with Crippen molar-refractivity contribution in [2.75, 3.05) is 13.1 Å². The molecular formula is C11H18ClN3O2. The van der Waals surface area contributed by atoms with Gasteiger partial charge in [0, 0.05) is 31.2 Å². The molecule has 2 unspecified atom stereocenters. The van der Waals surface area contributed by atoms with Crippen molar-refractivity contribution in [3.05, 3.63) is 17.5 Å². The van der Waals surface area contributed by atoms with Gasteiger partial charge in [0.25, 0.3) is 5.91 Å². The molecule has 0 aromatic carbocycles. The van der Waals surface area contributed by atoms with Crippen LogP contribution in [0.3, 0.4) is 0 Å². The molecule has 1 saturated heterocycles. The molecule has 1 aliphatic heterocycles. The van der Waals surface area contributed by atoms with Crippen molar-refractivity contribution in [2.24, 2.45) is 0 Å². The molecule has 1 aromatic heterocycles. The van der Waals surface area contributed by atoms with E-state index in [1.807, 2.05) is 4.90 Å². The Balaban J connectivity index is 0.00000144. The number of carbonyl (C=O) groups is 1. The molecule has 0 radical (unpaired) electrons. The van der Waals surface area contributed by atoms with Crippen LogP contribution in [0, 0.1) is 6.92 Å². The summed E-state index contributed by atoms with van der Waals surface area (Å²) in [6.45, 7) is 7.37. The van der Waals surface area contributed by atoms with E-state index in [0.717, 1.165) is 13.1 Å². The lowest BCUT2D eigenvalue weighted by Crippen LogP contribution is -2.55. The van der Waals surface area contributed by atoms with Crippen LogP contribution in [0.2, 0.25) is 0 Å². The van der Waals surface area contributed by atoms with Gasteiger partial charge in [-0.15, -0.1) is 12.4 Å². The van der Waals surface area contributed by atoms with E-state index in [2.05, 4.69) is 24.3 Å². The zero-order chi connectivity index (χ0) is 11.7. The largest absolute Gasteiger partial charge is 0.361 e. The molecule has 96 valence electrons. The highest BCUT2D eigenvalue weighted by molar-refractivity contribution is 5.92. The number of halogens is 1. The van der Waals surface area contributed by atoms with Gasteiger partial charge in [-0.25, -0.2) is 0 Å². The van der Waals surface area contributed by atoms with Crippen LogP contribution in [0.5, 0.6) is 0 Å². The quantitative estimate of drug-likeness (QED) is 0.824. The van der Waals surface area contributed by atoms with Crippen LogP contribution in [-0.4, -0.2) is 41.1 Å². The highest BCUT2D eigenvalue weighted by Gasteiger charge is 2.26. The molecule has 2 heterocycles. The number of hydrogen-bond acceptors (Lipinski definition) is 4. The van der Waals surface area contributed by atoms with Gasteiger partial charge in [-0.05, 0) is 20.8 Å². The van der Waals surface area contributed by atoms with Crippen LogP contribution in [-0.2, 0) is 0 Å². The average Bonchev–Trinajstić information content (AvgIpc) is 2.62. The third-order valence-corrected chi connectivity index (χ3v) is 2.69. The van der Waals surface area contributed by atoms with Gasteiger partial charge in [-0.1, -0.05) is 5.16 Å². The summed E-state index contributed by atoms with van der Waals surface area (Å²) in [5.74, 6) is 0.622. The Morgan fingerprint density at radius 3 is 2.53 bits per heavy atom. The van der Waals surface area contributed by atoms with E-state index in [1.54, 1.807) is 13.0 Å². The number of piperazine rings is 1. The second-order valence-corrected chi connectivity index (χ2v) is 4.50. The lowest BCUT2D eigenvalue weighted by Gasteiger charge is -2.35. The van der Waals surface area contributed by atoms with E-state index in [1.165, 1.54) is 0 Å². The number of rotatable bonds is 1. The first-order valence-electron chi connectivity index (χ1n) is 5.55. The van der Waals surface area contributed by atoms with Gasteiger partial charge in [0.15, 0.2) is 5.69 Å². The molecule has 0 saturated carbocycles. The first kappa shape index (κ1) is 14.0. The Morgan fingerprint density at radius 2 is 2.06 bits per heavy atom. The predicted octanol–water partition coefficient (Wildman–Crippen LogP) is 1.23. The van der Waals surface area contributed by atoms with Crippen molar-refractivity contribution in [1.82, 2.24) is 15.4 Å². The van der Waals surface area contributed by atoms with Gasteiger partial charge in [-0.2, -0.15) is 0 Å². The second kappa shape index (κ2) is 5.51. The molecule has 1 aromatic rings. The maximum atomic E-state index is 12.1. The average molecular weight is 260 g/mol. The van der Waals surface area contributed by atoms with Crippen molar-refractivity contribution in [3.8, 4) is 0 Å². The van der Waals surface area contributed by atoms with Gasteiger partial charge < -0.3 is 14.7 Å². The number of hydrogen-bond donors (Lipinski definition) is 1. The summed E-state index contributed by atoms with van der Waals surface area (Å²) in [4.78, 5) is 13.9. The zero-order valence-electron chi connectivity index (χ0n) is 10.3. The molecule has 6 heteroatoms. The third kappa shape index (κ3) is 3.20. The van der Waals surface area contributed by atoms with Gasteiger partial charge >= 0.3 is 0 Å². The summed E-state index contributed by atoms with van der Waals surface area (Å²) >= 11 is 0. The van der Waals surface area contributed by atoms with E-state index in [4.69, 9.17) is 4.52 Å². The fourth-order valence-electron chi connectivity index (χ4n) is 2.12. The third-order valence-electron chi connectivity index (χ3n) is 2.69. The van der Waals surface area contributed by atoms with Crippen molar-refractivity contribution in [2.45, 2.75) is 32.9 Å². The van der Waals surface area contributed by atoms with Gasteiger partial charge in [0.2, 0.25) is 0 Å². The first-order chi connectivity index (χ1) is 7.56. The molecule has 17 heavy (non-hydrogen) atoms. The second-order valence-electron chi connectivity index (χ2n) is 4.50. The molecule has 0 aliphatic carbocycles. The maximum Gasteiger partial charge on any atom is 0.276 e. The summed E-state index contributed by atoms with van der Waals surface area (Å²) in [7, 11) is 0. The molecule has 1 fully saturated rings. The van der Waals surface area contributed by atoms with Crippen LogP contribution in [0.25, 0.3) is 0 Å². The zero-order valence-corrected chi connectivity index (χ0v) is 11.1. The van der Waals surface area contributed by atoms with Crippen LogP contribution < -0.4 is 5.32 Å². The smallest absolute Gasteiger partial charge is 0.276 e. The number of nitrogens with zero attached hydrogens (tertiary/aromatic N) is 2. The molecular weight excluding hydrogens is 242 g/mol. The Morgan fingerprint density at radius 1 is 1.47 bits per heavy atom. The standard InChI is InChI=1S/C11H17N3O2.ClH/c1-7-5-14(6-8(2)12-7)11(15)10-4-9(3)16-13-10;/h4,7-8,12H,5-6H2,1-3H3;1H. The summed E-state index contributed by atoms with van der Waals surface area (Å²) in [6, 6.07) is 2.32. The summed E-state index contributed by atoms with van der Waals surface area (Å²) in [5.41, 5.74) is 0.402. The number of amides is 1. The number of nitrogens with one attached hydrogen (secondary N) is 1. The van der Waals surface area contributed by atoms with E-state index >= 15 is 0 Å². The Hall–Kier alpha value is -1.07. The van der Waals surface area contributed by atoms with E-state index in [-0.39, 0.29) is 18.3 Å². The molecule has 2 atom stereocenters. The van der Waals surface area contributed by atoms with Crippen molar-refractivity contribution < 1.29 is 9.32 Å². The van der Waals surface area contributed by atoms with Crippen molar-refractivity contribution >= 4 is 18.3 Å². The van der Waals surface area contributed by atoms with E-state index in [0.29, 0.717) is 23.5 Å². The number of carbonyl (C=O) groups excluding carboxylic acids is 1. The van der Waals surface area contributed by atoms with Crippen molar-refractivity contribution in [1.29, 1.82) is 0 Å². The molecule has 2 rings (SSSR count). The van der Waals surface area contributed by atoms with E-state index < -0.39 is 0 Å². The Bertz CT molecular complexity index is 384. The Kier molecular flexibility index (Phi) is 4.54. The minimum absolute atomic E-state index is 0. The highest BCUT2D eigenvalue weighted by atomic mass is 35.5. The Labute approximate surface area is 107 Å². The summed E-state index contributed by atoms with van der Waals surface area (Å²) in [6.07, 6.45) is 0. The summed E-state index contributed by atoms with van der Waals surface area (Å²) < 4.78 is 4.92. The van der Waals surface area contributed by atoms with Crippen LogP contribution in [0.4, 0.5) is 0 Å². The molecule has 1 amide bonds. The number of aromatic nitrogens is 1. The van der Waals surface area contributed by atoms with Gasteiger partial charge in [-0.3, -0.25) is 4.79 Å². The lowest BCUT2D eigenvalue weighted by atomic mass is 10.1. The molecule has 1 N–H and O–H groups in total. The number of aryl methyl sites for hydroxylation is 1. The van der Waals surface area contributed by atoms with Gasteiger partial charge in [0.05, 0.1) is 0 Å². The minimum Gasteiger partial charge on any atom is -0.361 e. The fraction of sp³-hybridized carbons (Fsp3) is 0.636. The summed E-state index contributed by atoms with van der Waals surface area (Å²) in [5, 5.41) is 7.14. The van der Waals surface area contributed by atoms with Gasteiger partial charge in [0.1, 0.15) is 5.76 Å². The first-order valence-corrected chi connectivity index (χ1v) is 5.55. The van der Waals surface area contributed by atoms with Crippen LogP contribution in [0.15, 0.2) is 10.6 Å². The molecule has 1 aliphatic rings. The normalized spacial score (nSPS) is 24.3. The van der Waals surface area contributed by atoms with Crippen LogP contribution >= 0.6 is 12.4 Å². The predicted molar refractivity (Wildman–Crippen MR) is 66.5 cm³/mol. The van der Waals surface area contributed by atoms with E-state index in [9.17, 15) is 4.79 Å². The fourth-order valence-corrected chi connectivity index (χ4v) is 2.12. The highest BCUT2D eigenvalue weighted by Crippen LogP contribution is 2.10. The molecule has 5 nitrogen and oxygen atoms in total. The topological polar surface area (TPSA) is 58.4 Å². The lowest BCUT2D eigenvalue weighted by molar-refractivity contribution is 0.0663. The molecule has 0 bridgehead atoms. The SMILES string of the molecule is Cc1cc(C(=O)N2CC(C)NC(C)C2)no1.Cl.